The maximum atomic E-state index is 12.1. The van der Waals surface area contributed by atoms with Gasteiger partial charge in [-0.3, -0.25) is 4.79 Å². The third-order valence-electron chi connectivity index (χ3n) is 2.39. The second-order valence-electron chi connectivity index (χ2n) is 3.98. The first-order chi connectivity index (χ1) is 8.88. The second-order valence-corrected chi connectivity index (χ2v) is 5.67. The fourth-order valence-corrected chi connectivity index (χ4v) is 2.44. The summed E-state index contributed by atoms with van der Waals surface area (Å²) in [5.74, 6) is -0.205. The SMILES string of the molecule is CC(=O)c1cccc(S(=O)(=O)Nc2nc(C)co2)c1. The summed E-state index contributed by atoms with van der Waals surface area (Å²) in [6.07, 6.45) is 1.34. The molecular formula is C12H12N2O4S. The van der Waals surface area contributed by atoms with E-state index in [0.717, 1.165) is 0 Å². The predicted octanol–water partition coefficient (Wildman–Crippen LogP) is 1.99. The fourth-order valence-electron chi connectivity index (χ4n) is 1.46. The molecule has 0 aliphatic carbocycles. The molecular weight excluding hydrogens is 268 g/mol. The van der Waals surface area contributed by atoms with Gasteiger partial charge in [0.25, 0.3) is 10.0 Å². The van der Waals surface area contributed by atoms with Crippen molar-refractivity contribution in [3.63, 3.8) is 0 Å². The number of nitrogens with zero attached hydrogens (tertiary/aromatic N) is 1. The van der Waals surface area contributed by atoms with Crippen molar-refractivity contribution >= 4 is 21.8 Å². The molecule has 19 heavy (non-hydrogen) atoms. The first-order valence-corrected chi connectivity index (χ1v) is 6.93. The smallest absolute Gasteiger partial charge is 0.309 e. The molecule has 0 unspecified atom stereocenters. The molecule has 100 valence electrons. The Morgan fingerprint density at radius 1 is 1.37 bits per heavy atom. The van der Waals surface area contributed by atoms with Gasteiger partial charge < -0.3 is 4.42 Å². The Morgan fingerprint density at radius 2 is 2.11 bits per heavy atom. The van der Waals surface area contributed by atoms with Crippen LogP contribution in [-0.4, -0.2) is 19.2 Å². The van der Waals surface area contributed by atoms with Crippen molar-refractivity contribution in [1.82, 2.24) is 4.98 Å². The van der Waals surface area contributed by atoms with Crippen molar-refractivity contribution in [3.05, 3.63) is 41.8 Å². The van der Waals surface area contributed by atoms with Gasteiger partial charge in [0.2, 0.25) is 0 Å². The fraction of sp³-hybridized carbons (Fsp3) is 0.167. The van der Waals surface area contributed by atoms with E-state index in [1.54, 1.807) is 13.0 Å². The first kappa shape index (κ1) is 13.3. The Labute approximate surface area is 110 Å². The van der Waals surface area contributed by atoms with Crippen LogP contribution in [0.4, 0.5) is 6.01 Å². The van der Waals surface area contributed by atoms with Gasteiger partial charge in [-0.2, -0.15) is 4.98 Å². The van der Waals surface area contributed by atoms with Crippen LogP contribution in [0.3, 0.4) is 0 Å². The van der Waals surface area contributed by atoms with E-state index in [-0.39, 0.29) is 16.7 Å². The predicted molar refractivity (Wildman–Crippen MR) is 68.5 cm³/mol. The van der Waals surface area contributed by atoms with Crippen molar-refractivity contribution in [1.29, 1.82) is 0 Å². The van der Waals surface area contributed by atoms with Crippen LogP contribution in [0.15, 0.2) is 39.8 Å². The minimum Gasteiger partial charge on any atom is -0.431 e. The largest absolute Gasteiger partial charge is 0.431 e. The van der Waals surface area contributed by atoms with E-state index in [1.165, 1.54) is 31.4 Å². The number of carbonyl (C=O) groups is 1. The Morgan fingerprint density at radius 3 is 2.68 bits per heavy atom. The van der Waals surface area contributed by atoms with Crippen molar-refractivity contribution in [2.45, 2.75) is 18.7 Å². The minimum absolute atomic E-state index is 0.0175. The molecule has 1 aromatic carbocycles. The summed E-state index contributed by atoms with van der Waals surface area (Å²) in [7, 11) is -3.81. The summed E-state index contributed by atoms with van der Waals surface area (Å²) in [6.45, 7) is 3.05. The summed E-state index contributed by atoms with van der Waals surface area (Å²) in [5.41, 5.74) is 0.890. The number of ketones is 1. The monoisotopic (exact) mass is 280 g/mol. The van der Waals surface area contributed by atoms with Gasteiger partial charge in [0.1, 0.15) is 6.26 Å². The number of Topliss-reactive ketones (excluding diaryl/α,β-unsaturated/α-hetero) is 1. The number of hydrogen-bond acceptors (Lipinski definition) is 5. The maximum absolute atomic E-state index is 12.1. The van der Waals surface area contributed by atoms with E-state index < -0.39 is 10.0 Å². The highest BCUT2D eigenvalue weighted by molar-refractivity contribution is 7.92. The van der Waals surface area contributed by atoms with Gasteiger partial charge in [-0.1, -0.05) is 12.1 Å². The molecule has 0 saturated carbocycles. The molecule has 0 saturated heterocycles. The number of nitrogens with one attached hydrogen (secondary N) is 1. The van der Waals surface area contributed by atoms with Gasteiger partial charge in [-0.15, -0.1) is 0 Å². The molecule has 6 nitrogen and oxygen atoms in total. The van der Waals surface area contributed by atoms with Crippen molar-refractivity contribution < 1.29 is 17.6 Å². The summed E-state index contributed by atoms with van der Waals surface area (Å²) in [5, 5.41) is 0. The van der Waals surface area contributed by atoms with Gasteiger partial charge in [0.15, 0.2) is 5.78 Å². The van der Waals surface area contributed by atoms with Crippen LogP contribution in [0.25, 0.3) is 0 Å². The Balaban J connectivity index is 2.34. The number of carbonyl (C=O) groups excluding carboxylic acids is 1. The molecule has 0 radical (unpaired) electrons. The molecule has 0 aliphatic heterocycles. The Bertz CT molecular complexity index is 719. The third-order valence-corrected chi connectivity index (χ3v) is 3.71. The van der Waals surface area contributed by atoms with E-state index in [0.29, 0.717) is 11.3 Å². The number of aromatic nitrogens is 1. The molecule has 1 heterocycles. The van der Waals surface area contributed by atoms with Crippen LogP contribution in [0, 0.1) is 6.92 Å². The van der Waals surface area contributed by atoms with Crippen LogP contribution < -0.4 is 4.72 Å². The van der Waals surface area contributed by atoms with Crippen LogP contribution in [-0.2, 0) is 10.0 Å². The van der Waals surface area contributed by atoms with Gasteiger partial charge >= 0.3 is 6.01 Å². The standard InChI is InChI=1S/C12H12N2O4S/c1-8-7-18-12(13-8)14-19(16,17)11-5-3-4-10(6-11)9(2)15/h3-7H,1-2H3,(H,13,14). The number of aryl methyl sites for hydroxylation is 1. The van der Waals surface area contributed by atoms with Gasteiger partial charge in [-0.25, -0.2) is 13.1 Å². The highest BCUT2D eigenvalue weighted by Crippen LogP contribution is 2.16. The number of sulfonamides is 1. The van der Waals surface area contributed by atoms with E-state index >= 15 is 0 Å². The third kappa shape index (κ3) is 3.00. The van der Waals surface area contributed by atoms with Gasteiger partial charge in [0.05, 0.1) is 10.6 Å². The van der Waals surface area contributed by atoms with Gasteiger partial charge in [0, 0.05) is 5.56 Å². The molecule has 0 amide bonds. The number of hydrogen-bond donors (Lipinski definition) is 1. The summed E-state index contributed by atoms with van der Waals surface area (Å²) in [4.78, 5) is 15.1. The van der Waals surface area contributed by atoms with Crippen LogP contribution >= 0.6 is 0 Å². The molecule has 2 aromatic rings. The lowest BCUT2D eigenvalue weighted by Gasteiger charge is -2.05. The molecule has 0 aliphatic rings. The van der Waals surface area contributed by atoms with E-state index in [2.05, 4.69) is 9.71 Å². The zero-order valence-corrected chi connectivity index (χ0v) is 11.2. The summed E-state index contributed by atoms with van der Waals surface area (Å²) < 4.78 is 31.3. The van der Waals surface area contributed by atoms with Crippen molar-refractivity contribution in [3.8, 4) is 0 Å². The Hall–Kier alpha value is -2.15. The first-order valence-electron chi connectivity index (χ1n) is 5.44. The zero-order chi connectivity index (χ0) is 14.0. The molecule has 0 spiro atoms. The lowest BCUT2D eigenvalue weighted by atomic mass is 10.2. The summed E-state index contributed by atoms with van der Waals surface area (Å²) in [6, 6.07) is 5.65. The average molecular weight is 280 g/mol. The molecule has 2 rings (SSSR count). The number of benzene rings is 1. The number of oxazole rings is 1. The molecule has 0 atom stereocenters. The van der Waals surface area contributed by atoms with Crippen LogP contribution in [0.5, 0.6) is 0 Å². The normalized spacial score (nSPS) is 11.3. The molecule has 7 heteroatoms. The second kappa shape index (κ2) is 4.85. The van der Waals surface area contributed by atoms with Crippen molar-refractivity contribution in [2.75, 3.05) is 4.72 Å². The topological polar surface area (TPSA) is 89.3 Å². The zero-order valence-electron chi connectivity index (χ0n) is 10.4. The van der Waals surface area contributed by atoms with E-state index in [1.807, 2.05) is 0 Å². The average Bonchev–Trinajstić information content (AvgIpc) is 2.74. The lowest BCUT2D eigenvalue weighted by Crippen LogP contribution is -2.13. The highest BCUT2D eigenvalue weighted by Gasteiger charge is 2.17. The minimum atomic E-state index is -3.81. The van der Waals surface area contributed by atoms with Gasteiger partial charge in [-0.05, 0) is 26.0 Å². The molecule has 1 aromatic heterocycles. The Kier molecular flexibility index (Phi) is 3.39. The van der Waals surface area contributed by atoms with Crippen LogP contribution in [0.1, 0.15) is 23.0 Å². The highest BCUT2D eigenvalue weighted by atomic mass is 32.2. The molecule has 0 bridgehead atoms. The maximum Gasteiger partial charge on any atom is 0.309 e. The molecule has 1 N–H and O–H groups in total. The number of anilines is 1. The number of rotatable bonds is 4. The van der Waals surface area contributed by atoms with Crippen LogP contribution in [0.2, 0.25) is 0 Å². The van der Waals surface area contributed by atoms with E-state index in [4.69, 9.17) is 4.42 Å². The summed E-state index contributed by atoms with van der Waals surface area (Å²) >= 11 is 0. The van der Waals surface area contributed by atoms with Crippen molar-refractivity contribution in [2.24, 2.45) is 0 Å². The quantitative estimate of drug-likeness (QED) is 0.865. The lowest BCUT2D eigenvalue weighted by molar-refractivity contribution is 0.101. The van der Waals surface area contributed by atoms with E-state index in [9.17, 15) is 13.2 Å². The molecule has 0 fully saturated rings.